The lowest BCUT2D eigenvalue weighted by molar-refractivity contribution is 0.630. The maximum atomic E-state index is 13.4. The van der Waals surface area contributed by atoms with Crippen LogP contribution in [0.2, 0.25) is 0 Å². The molecule has 2 aromatic heterocycles. The van der Waals surface area contributed by atoms with Crippen molar-refractivity contribution in [3.8, 4) is 11.3 Å². The van der Waals surface area contributed by atoms with Gasteiger partial charge in [-0.3, -0.25) is 0 Å². The van der Waals surface area contributed by atoms with Crippen LogP contribution in [0, 0.1) is 5.82 Å². The van der Waals surface area contributed by atoms with E-state index >= 15 is 0 Å². The lowest BCUT2D eigenvalue weighted by atomic mass is 9.93. The number of hydrogen-bond donors (Lipinski definition) is 1. The van der Waals surface area contributed by atoms with Crippen molar-refractivity contribution in [1.82, 2.24) is 15.0 Å². The molecule has 1 aliphatic rings. The Hall–Kier alpha value is -2.23. The van der Waals surface area contributed by atoms with Gasteiger partial charge in [0.05, 0.1) is 5.69 Å². The van der Waals surface area contributed by atoms with Crippen LogP contribution in [0.4, 0.5) is 4.39 Å². The Morgan fingerprint density at radius 2 is 2.17 bits per heavy atom. The molecule has 0 saturated carbocycles. The molecular weight excluding hydrogens is 229 g/mol. The lowest BCUT2D eigenvalue weighted by Crippen LogP contribution is -2.05. The van der Waals surface area contributed by atoms with Crippen LogP contribution >= 0.6 is 0 Å². The molecule has 18 heavy (non-hydrogen) atoms. The maximum Gasteiger partial charge on any atom is 0.123 e. The Morgan fingerprint density at radius 1 is 1.22 bits per heavy atom. The molecule has 0 fully saturated rings. The molecule has 4 heteroatoms. The maximum absolute atomic E-state index is 13.4. The van der Waals surface area contributed by atoms with E-state index in [4.69, 9.17) is 0 Å². The monoisotopic (exact) mass is 239 g/mol. The molecular formula is C14H10FN3. The van der Waals surface area contributed by atoms with Crippen LogP contribution in [0.3, 0.4) is 0 Å². The molecule has 2 heterocycles. The van der Waals surface area contributed by atoms with Crippen LogP contribution in [-0.2, 0) is 12.8 Å². The minimum Gasteiger partial charge on any atom is -0.358 e. The summed E-state index contributed by atoms with van der Waals surface area (Å²) in [5.41, 5.74) is 5.21. The largest absolute Gasteiger partial charge is 0.358 e. The summed E-state index contributed by atoms with van der Waals surface area (Å²) in [7, 11) is 0. The van der Waals surface area contributed by atoms with E-state index in [2.05, 4.69) is 15.0 Å². The summed E-state index contributed by atoms with van der Waals surface area (Å²) in [6.07, 6.45) is 5.25. The van der Waals surface area contributed by atoms with Gasteiger partial charge in [-0.1, -0.05) is 0 Å². The summed E-state index contributed by atoms with van der Waals surface area (Å²) >= 11 is 0. The highest BCUT2D eigenvalue weighted by atomic mass is 19.1. The number of halogens is 1. The summed E-state index contributed by atoms with van der Waals surface area (Å²) in [5.74, 6) is -0.217. The van der Waals surface area contributed by atoms with Gasteiger partial charge >= 0.3 is 0 Å². The first kappa shape index (κ1) is 9.76. The first-order valence-corrected chi connectivity index (χ1v) is 5.92. The molecule has 0 atom stereocenters. The van der Waals surface area contributed by atoms with Crippen LogP contribution in [0.5, 0.6) is 0 Å². The SMILES string of the molecule is Fc1ccc2[nH]c3c(c2c1)-c1ncncc1CC3. The molecule has 1 N–H and O–H groups in total. The van der Waals surface area contributed by atoms with Gasteiger partial charge < -0.3 is 4.98 Å². The van der Waals surface area contributed by atoms with Crippen molar-refractivity contribution in [2.45, 2.75) is 12.8 Å². The molecule has 1 aliphatic carbocycles. The smallest absolute Gasteiger partial charge is 0.123 e. The molecule has 3 aromatic rings. The third-order valence-electron chi connectivity index (χ3n) is 3.51. The number of benzene rings is 1. The van der Waals surface area contributed by atoms with Gasteiger partial charge in [-0.25, -0.2) is 14.4 Å². The Balaban J connectivity index is 2.13. The van der Waals surface area contributed by atoms with E-state index in [-0.39, 0.29) is 5.82 Å². The highest BCUT2D eigenvalue weighted by Gasteiger charge is 2.22. The summed E-state index contributed by atoms with van der Waals surface area (Å²) in [5, 5.41) is 0.907. The lowest BCUT2D eigenvalue weighted by Gasteiger charge is -2.14. The van der Waals surface area contributed by atoms with Crippen molar-refractivity contribution in [2.24, 2.45) is 0 Å². The Labute approximate surface area is 103 Å². The summed E-state index contributed by atoms with van der Waals surface area (Å²) in [6.45, 7) is 0. The van der Waals surface area contributed by atoms with Crippen LogP contribution < -0.4 is 0 Å². The van der Waals surface area contributed by atoms with Crippen molar-refractivity contribution < 1.29 is 4.39 Å². The van der Waals surface area contributed by atoms with Gasteiger partial charge in [-0.05, 0) is 36.6 Å². The molecule has 0 amide bonds. The van der Waals surface area contributed by atoms with Crippen molar-refractivity contribution in [3.05, 3.63) is 47.8 Å². The number of rotatable bonds is 0. The molecule has 0 aliphatic heterocycles. The number of H-pyrrole nitrogens is 1. The second-order valence-electron chi connectivity index (χ2n) is 4.57. The number of hydrogen-bond acceptors (Lipinski definition) is 2. The van der Waals surface area contributed by atoms with Crippen molar-refractivity contribution >= 4 is 10.9 Å². The average molecular weight is 239 g/mol. The minimum atomic E-state index is -0.217. The number of nitrogens with one attached hydrogen (secondary N) is 1. The molecule has 1 aromatic carbocycles. The van der Waals surface area contributed by atoms with Gasteiger partial charge in [-0.2, -0.15) is 0 Å². The van der Waals surface area contributed by atoms with Gasteiger partial charge in [0, 0.05) is 28.4 Å². The topological polar surface area (TPSA) is 41.6 Å². The Morgan fingerprint density at radius 3 is 3.11 bits per heavy atom. The minimum absolute atomic E-state index is 0.217. The molecule has 0 radical (unpaired) electrons. The van der Waals surface area contributed by atoms with Crippen LogP contribution in [0.25, 0.3) is 22.2 Å². The Kier molecular flexibility index (Phi) is 1.84. The Bertz CT molecular complexity index is 761. The average Bonchev–Trinajstić information content (AvgIpc) is 2.77. The van der Waals surface area contributed by atoms with E-state index < -0.39 is 0 Å². The molecule has 88 valence electrons. The number of aryl methyl sites for hydroxylation is 2. The molecule has 0 unspecified atom stereocenters. The van der Waals surface area contributed by atoms with E-state index in [0.717, 1.165) is 46.3 Å². The van der Waals surface area contributed by atoms with E-state index in [1.807, 2.05) is 6.20 Å². The number of aromatic nitrogens is 3. The second-order valence-corrected chi connectivity index (χ2v) is 4.57. The normalized spacial score (nSPS) is 13.4. The zero-order valence-electron chi connectivity index (χ0n) is 9.57. The standard InChI is InChI=1S/C14H10FN3/c15-9-2-4-11-10(5-9)13-12(18-11)3-1-8-6-16-7-17-14(8)13/h2,4-7,18H,1,3H2. The summed E-state index contributed by atoms with van der Waals surface area (Å²) in [6, 6.07) is 4.83. The number of aromatic amines is 1. The molecule has 4 rings (SSSR count). The highest BCUT2D eigenvalue weighted by Crippen LogP contribution is 2.37. The van der Waals surface area contributed by atoms with Crippen molar-refractivity contribution in [1.29, 1.82) is 0 Å². The summed E-state index contributed by atoms with van der Waals surface area (Å²) < 4.78 is 13.4. The molecule has 0 spiro atoms. The molecule has 0 saturated heterocycles. The van der Waals surface area contributed by atoms with Gasteiger partial charge in [0.1, 0.15) is 12.1 Å². The van der Waals surface area contributed by atoms with Crippen LogP contribution in [-0.4, -0.2) is 15.0 Å². The van der Waals surface area contributed by atoms with E-state index in [0.29, 0.717) is 0 Å². The predicted molar refractivity (Wildman–Crippen MR) is 66.7 cm³/mol. The fourth-order valence-electron chi connectivity index (χ4n) is 2.70. The van der Waals surface area contributed by atoms with E-state index in [1.54, 1.807) is 18.5 Å². The first-order valence-electron chi connectivity index (χ1n) is 5.92. The van der Waals surface area contributed by atoms with Crippen molar-refractivity contribution in [3.63, 3.8) is 0 Å². The van der Waals surface area contributed by atoms with Crippen molar-refractivity contribution in [2.75, 3.05) is 0 Å². The quantitative estimate of drug-likeness (QED) is 0.655. The fraction of sp³-hybridized carbons (Fsp3) is 0.143. The van der Waals surface area contributed by atoms with Gasteiger partial charge in [0.2, 0.25) is 0 Å². The molecule has 0 bridgehead atoms. The third-order valence-corrected chi connectivity index (χ3v) is 3.51. The van der Waals surface area contributed by atoms with Crippen LogP contribution in [0.1, 0.15) is 11.3 Å². The highest BCUT2D eigenvalue weighted by molar-refractivity contribution is 5.97. The predicted octanol–water partition coefficient (Wildman–Crippen LogP) is 2.86. The van der Waals surface area contributed by atoms with E-state index in [9.17, 15) is 4.39 Å². The first-order chi connectivity index (χ1) is 8.83. The number of nitrogens with zero attached hydrogens (tertiary/aromatic N) is 2. The molecule has 3 nitrogen and oxygen atoms in total. The zero-order valence-corrected chi connectivity index (χ0v) is 9.57. The second kappa shape index (κ2) is 3.38. The van der Waals surface area contributed by atoms with Gasteiger partial charge in [-0.15, -0.1) is 0 Å². The third kappa shape index (κ3) is 1.23. The zero-order chi connectivity index (χ0) is 12.1. The van der Waals surface area contributed by atoms with E-state index in [1.165, 1.54) is 6.07 Å². The van der Waals surface area contributed by atoms with Gasteiger partial charge in [0.25, 0.3) is 0 Å². The fourth-order valence-corrected chi connectivity index (χ4v) is 2.70. The number of fused-ring (bicyclic) bond motifs is 5. The summed E-state index contributed by atoms with van der Waals surface area (Å²) in [4.78, 5) is 11.8. The van der Waals surface area contributed by atoms with Gasteiger partial charge in [0.15, 0.2) is 0 Å². The van der Waals surface area contributed by atoms with Crippen LogP contribution in [0.15, 0.2) is 30.7 Å².